The summed E-state index contributed by atoms with van der Waals surface area (Å²) in [4.78, 5) is 16.2. The van der Waals surface area contributed by atoms with Crippen LogP contribution >= 0.6 is 38.9 Å². The summed E-state index contributed by atoms with van der Waals surface area (Å²) in [5, 5.41) is 5.07. The van der Waals surface area contributed by atoms with E-state index in [9.17, 15) is 4.79 Å². The fourth-order valence-corrected chi connectivity index (χ4v) is 2.88. The van der Waals surface area contributed by atoms with Crippen LogP contribution in [0.15, 0.2) is 28.1 Å². The maximum atomic E-state index is 12.0. The minimum atomic E-state index is -0.223. The summed E-state index contributed by atoms with van der Waals surface area (Å²) < 4.78 is 5.84. The lowest BCUT2D eigenvalue weighted by Crippen LogP contribution is -2.11. The fraction of sp³-hybridized carbons (Fsp3) is 0.167. The number of nitrogens with one attached hydrogen (secondary N) is 1. The number of nitrogens with zero attached hydrogens (tertiary/aromatic N) is 1. The van der Waals surface area contributed by atoms with E-state index in [4.69, 9.17) is 16.3 Å². The predicted molar refractivity (Wildman–Crippen MR) is 80.3 cm³/mol. The summed E-state index contributed by atoms with van der Waals surface area (Å²) in [5.41, 5.74) is 1.27. The number of aromatic nitrogens is 1. The highest BCUT2D eigenvalue weighted by Gasteiger charge is 2.11. The third-order valence-electron chi connectivity index (χ3n) is 2.32. The van der Waals surface area contributed by atoms with E-state index >= 15 is 0 Å². The number of benzene rings is 1. The van der Waals surface area contributed by atoms with Crippen molar-refractivity contribution < 1.29 is 9.53 Å². The number of hydrogen-bond acceptors (Lipinski definition) is 4. The molecule has 19 heavy (non-hydrogen) atoms. The fourth-order valence-electron chi connectivity index (χ4n) is 1.40. The maximum Gasteiger partial charge on any atom is 0.257 e. The number of methoxy groups -OCH3 is 1. The number of carbonyl (C=O) groups is 1. The Kier molecular flexibility index (Phi) is 4.79. The van der Waals surface area contributed by atoms with Crippen LogP contribution in [0.4, 0.5) is 5.13 Å². The molecule has 1 amide bonds. The predicted octanol–water partition coefficient (Wildman–Crippen LogP) is 3.91. The number of rotatable bonds is 4. The van der Waals surface area contributed by atoms with Gasteiger partial charge in [-0.2, -0.15) is 0 Å². The molecule has 2 aromatic rings. The number of amides is 1. The molecule has 0 aliphatic heterocycles. The molecule has 0 atom stereocenters. The molecule has 0 spiro atoms. The van der Waals surface area contributed by atoms with Crippen molar-refractivity contribution in [3.63, 3.8) is 0 Å². The van der Waals surface area contributed by atoms with Gasteiger partial charge in [0.25, 0.3) is 5.91 Å². The topological polar surface area (TPSA) is 51.2 Å². The van der Waals surface area contributed by atoms with Crippen LogP contribution in [0.1, 0.15) is 16.1 Å². The molecule has 0 bridgehead atoms. The first-order valence-corrected chi connectivity index (χ1v) is 7.50. The van der Waals surface area contributed by atoms with E-state index in [0.717, 1.165) is 10.2 Å². The minimum Gasteiger partial charge on any atom is -0.496 e. The monoisotopic (exact) mass is 360 g/mol. The summed E-state index contributed by atoms with van der Waals surface area (Å²) in [5.74, 6) is 0.787. The molecule has 100 valence electrons. The van der Waals surface area contributed by atoms with Gasteiger partial charge in [-0.25, -0.2) is 4.98 Å². The van der Waals surface area contributed by atoms with Gasteiger partial charge in [0.15, 0.2) is 5.13 Å². The van der Waals surface area contributed by atoms with Crippen LogP contribution < -0.4 is 10.1 Å². The van der Waals surface area contributed by atoms with Gasteiger partial charge in [0, 0.05) is 10.9 Å². The third kappa shape index (κ3) is 3.46. The first-order valence-electron chi connectivity index (χ1n) is 5.29. The molecular formula is C12H10BrClN2O2S. The SMILES string of the molecule is COc1ccc(C(=O)Nc2nc(CCl)cs2)cc1Br. The molecule has 1 aromatic heterocycles. The summed E-state index contributed by atoms with van der Waals surface area (Å²) in [6, 6.07) is 5.12. The Hall–Kier alpha value is -1.11. The van der Waals surface area contributed by atoms with Crippen LogP contribution in [0.2, 0.25) is 0 Å². The van der Waals surface area contributed by atoms with Crippen molar-refractivity contribution in [2.45, 2.75) is 5.88 Å². The molecule has 0 aliphatic rings. The van der Waals surface area contributed by atoms with Crippen LogP contribution in [0.25, 0.3) is 0 Å². The average Bonchev–Trinajstić information content (AvgIpc) is 2.86. The molecule has 4 nitrogen and oxygen atoms in total. The Bertz CT molecular complexity index is 603. The number of ether oxygens (including phenoxy) is 1. The third-order valence-corrected chi connectivity index (χ3v) is 4.02. The summed E-state index contributed by atoms with van der Waals surface area (Å²) >= 11 is 10.3. The van der Waals surface area contributed by atoms with Crippen molar-refractivity contribution >= 4 is 49.9 Å². The van der Waals surface area contributed by atoms with Crippen LogP contribution in [0.3, 0.4) is 0 Å². The minimum absolute atomic E-state index is 0.223. The molecule has 0 fully saturated rings. The van der Waals surface area contributed by atoms with Crippen LogP contribution in [0, 0.1) is 0 Å². The number of thiazole rings is 1. The number of carbonyl (C=O) groups excluding carboxylic acids is 1. The molecule has 0 unspecified atom stereocenters. The van der Waals surface area contributed by atoms with E-state index in [0.29, 0.717) is 22.3 Å². The second-order valence-electron chi connectivity index (χ2n) is 3.58. The summed E-state index contributed by atoms with van der Waals surface area (Å²) in [6.45, 7) is 0. The molecular weight excluding hydrogens is 352 g/mol. The van der Waals surface area contributed by atoms with Crippen molar-refractivity contribution in [3.05, 3.63) is 39.3 Å². The number of halogens is 2. The highest BCUT2D eigenvalue weighted by molar-refractivity contribution is 9.10. The van der Waals surface area contributed by atoms with E-state index in [1.165, 1.54) is 11.3 Å². The zero-order valence-corrected chi connectivity index (χ0v) is 13.1. The van der Waals surface area contributed by atoms with Crippen LogP contribution in [0.5, 0.6) is 5.75 Å². The van der Waals surface area contributed by atoms with E-state index in [1.807, 2.05) is 5.38 Å². The molecule has 1 N–H and O–H groups in total. The Morgan fingerprint density at radius 1 is 1.58 bits per heavy atom. The van der Waals surface area contributed by atoms with Crippen LogP contribution in [-0.2, 0) is 5.88 Å². The van der Waals surface area contributed by atoms with Crippen molar-refractivity contribution in [2.75, 3.05) is 12.4 Å². The second kappa shape index (κ2) is 6.36. The average molecular weight is 362 g/mol. The van der Waals surface area contributed by atoms with Gasteiger partial charge in [0.1, 0.15) is 5.75 Å². The van der Waals surface area contributed by atoms with Gasteiger partial charge in [-0.15, -0.1) is 22.9 Å². The van der Waals surface area contributed by atoms with E-state index in [2.05, 4.69) is 26.2 Å². The largest absolute Gasteiger partial charge is 0.496 e. The number of anilines is 1. The molecule has 7 heteroatoms. The lowest BCUT2D eigenvalue weighted by atomic mass is 10.2. The first kappa shape index (κ1) is 14.3. The van der Waals surface area contributed by atoms with E-state index in [1.54, 1.807) is 25.3 Å². The van der Waals surface area contributed by atoms with Crippen molar-refractivity contribution in [1.82, 2.24) is 4.98 Å². The molecule has 1 aromatic carbocycles. The Morgan fingerprint density at radius 2 is 2.37 bits per heavy atom. The van der Waals surface area contributed by atoms with E-state index < -0.39 is 0 Å². The first-order chi connectivity index (χ1) is 9.13. The standard InChI is InChI=1S/C12H10BrClN2O2S/c1-18-10-3-2-7(4-9(10)13)11(17)16-12-15-8(5-14)6-19-12/h2-4,6H,5H2,1H3,(H,15,16,17). The number of hydrogen-bond donors (Lipinski definition) is 1. The maximum absolute atomic E-state index is 12.0. The molecule has 1 heterocycles. The molecule has 2 rings (SSSR count). The summed E-state index contributed by atoms with van der Waals surface area (Å²) in [6.07, 6.45) is 0. The number of alkyl halides is 1. The van der Waals surface area contributed by atoms with E-state index in [-0.39, 0.29) is 5.91 Å². The summed E-state index contributed by atoms with van der Waals surface area (Å²) in [7, 11) is 1.57. The molecule has 0 saturated carbocycles. The zero-order valence-electron chi connectivity index (χ0n) is 9.94. The lowest BCUT2D eigenvalue weighted by Gasteiger charge is -2.06. The van der Waals surface area contributed by atoms with Crippen molar-refractivity contribution in [1.29, 1.82) is 0 Å². The van der Waals surface area contributed by atoms with Gasteiger partial charge in [-0.05, 0) is 34.1 Å². The smallest absolute Gasteiger partial charge is 0.257 e. The normalized spacial score (nSPS) is 10.3. The van der Waals surface area contributed by atoms with Gasteiger partial charge in [-0.3, -0.25) is 10.1 Å². The molecule has 0 radical (unpaired) electrons. The lowest BCUT2D eigenvalue weighted by molar-refractivity contribution is 0.102. The van der Waals surface area contributed by atoms with Gasteiger partial charge in [-0.1, -0.05) is 0 Å². The quantitative estimate of drug-likeness (QED) is 0.840. The second-order valence-corrected chi connectivity index (χ2v) is 5.56. The highest BCUT2D eigenvalue weighted by atomic mass is 79.9. The van der Waals surface area contributed by atoms with Gasteiger partial charge in [0.2, 0.25) is 0 Å². The van der Waals surface area contributed by atoms with Crippen molar-refractivity contribution in [2.24, 2.45) is 0 Å². The highest BCUT2D eigenvalue weighted by Crippen LogP contribution is 2.26. The van der Waals surface area contributed by atoms with Gasteiger partial charge >= 0.3 is 0 Å². The van der Waals surface area contributed by atoms with Crippen LogP contribution in [-0.4, -0.2) is 18.0 Å². The molecule has 0 aliphatic carbocycles. The Balaban J connectivity index is 2.13. The Morgan fingerprint density at radius 3 is 2.95 bits per heavy atom. The van der Waals surface area contributed by atoms with Crippen molar-refractivity contribution in [3.8, 4) is 5.75 Å². The van der Waals surface area contributed by atoms with Gasteiger partial charge < -0.3 is 4.74 Å². The Labute approximate surface area is 127 Å². The van der Waals surface area contributed by atoms with Gasteiger partial charge in [0.05, 0.1) is 23.2 Å². The molecule has 0 saturated heterocycles. The zero-order chi connectivity index (χ0) is 13.8.